The van der Waals surface area contributed by atoms with E-state index in [1.54, 1.807) is 31.2 Å². The summed E-state index contributed by atoms with van der Waals surface area (Å²) >= 11 is 12.2. The van der Waals surface area contributed by atoms with Gasteiger partial charge in [0.1, 0.15) is 12.3 Å². The average Bonchev–Trinajstić information content (AvgIpc) is 2.94. The average molecular weight is 399 g/mol. The fourth-order valence-corrected chi connectivity index (χ4v) is 2.74. The molecule has 1 aromatic carbocycles. The molecule has 0 saturated heterocycles. The Kier molecular flexibility index (Phi) is 6.88. The number of rotatable bonds is 6. The molecule has 0 fully saturated rings. The first kappa shape index (κ1) is 20.1. The summed E-state index contributed by atoms with van der Waals surface area (Å²) in [4.78, 5) is 26.2. The first-order valence-corrected chi connectivity index (χ1v) is 8.75. The highest BCUT2D eigenvalue weighted by molar-refractivity contribution is 6.39. The molecule has 140 valence electrons. The van der Waals surface area contributed by atoms with Gasteiger partial charge in [0.15, 0.2) is 5.82 Å². The van der Waals surface area contributed by atoms with Crippen LogP contribution in [0.2, 0.25) is 10.0 Å². The lowest BCUT2D eigenvalue weighted by atomic mass is 10.2. The van der Waals surface area contributed by atoms with Crippen molar-refractivity contribution in [3.63, 3.8) is 0 Å². The molecule has 0 spiro atoms. The van der Waals surface area contributed by atoms with Crippen LogP contribution in [0.4, 0.5) is 16.3 Å². The van der Waals surface area contributed by atoms with Crippen LogP contribution in [0.25, 0.3) is 0 Å². The summed E-state index contributed by atoms with van der Waals surface area (Å²) in [5, 5.41) is 9.59. The van der Waals surface area contributed by atoms with Gasteiger partial charge < -0.3 is 20.1 Å². The summed E-state index contributed by atoms with van der Waals surface area (Å²) in [6, 6.07) is 6.04. The second-order valence-electron chi connectivity index (χ2n) is 6.17. The zero-order valence-corrected chi connectivity index (χ0v) is 16.2. The highest BCUT2D eigenvalue weighted by Crippen LogP contribution is 2.30. The number of nitrogens with zero attached hydrogens (tertiary/aromatic N) is 2. The van der Waals surface area contributed by atoms with Gasteiger partial charge >= 0.3 is 6.03 Å². The van der Waals surface area contributed by atoms with Crippen molar-refractivity contribution in [2.75, 3.05) is 23.7 Å². The van der Waals surface area contributed by atoms with Crippen molar-refractivity contribution < 1.29 is 14.1 Å². The number of hydrogen-bond donors (Lipinski definition) is 2. The normalized spacial score (nSPS) is 10.7. The van der Waals surface area contributed by atoms with Crippen molar-refractivity contribution in [3.05, 3.63) is 40.1 Å². The van der Waals surface area contributed by atoms with E-state index in [-0.39, 0.29) is 18.4 Å². The minimum Gasteiger partial charge on any atom is -0.360 e. The Morgan fingerprint density at radius 3 is 2.42 bits per heavy atom. The Morgan fingerprint density at radius 1 is 1.23 bits per heavy atom. The number of aryl methyl sites for hydroxylation is 1. The van der Waals surface area contributed by atoms with Crippen LogP contribution < -0.4 is 10.6 Å². The van der Waals surface area contributed by atoms with E-state index in [4.69, 9.17) is 27.7 Å². The molecule has 0 radical (unpaired) electrons. The highest BCUT2D eigenvalue weighted by Gasteiger charge is 2.21. The third kappa shape index (κ3) is 5.64. The van der Waals surface area contributed by atoms with Crippen LogP contribution >= 0.6 is 23.2 Å². The molecule has 1 aromatic heterocycles. The minimum atomic E-state index is -0.472. The van der Waals surface area contributed by atoms with E-state index in [1.807, 2.05) is 13.8 Å². The maximum Gasteiger partial charge on any atom is 0.322 e. The van der Waals surface area contributed by atoms with Crippen LogP contribution in [0.3, 0.4) is 0 Å². The van der Waals surface area contributed by atoms with Crippen molar-refractivity contribution in [2.24, 2.45) is 5.92 Å². The zero-order valence-electron chi connectivity index (χ0n) is 14.7. The van der Waals surface area contributed by atoms with Gasteiger partial charge in [-0.3, -0.25) is 4.79 Å². The second kappa shape index (κ2) is 8.91. The predicted molar refractivity (Wildman–Crippen MR) is 102 cm³/mol. The van der Waals surface area contributed by atoms with Crippen molar-refractivity contribution in [3.8, 4) is 0 Å². The Bertz CT molecular complexity index is 772. The number of aromatic nitrogens is 1. The van der Waals surface area contributed by atoms with Crippen LogP contribution in [0.1, 0.15) is 19.6 Å². The quantitative estimate of drug-likeness (QED) is 0.753. The highest BCUT2D eigenvalue weighted by atomic mass is 35.5. The van der Waals surface area contributed by atoms with E-state index in [2.05, 4.69) is 15.8 Å². The molecular formula is C17H20Cl2N4O3. The monoisotopic (exact) mass is 398 g/mol. The Hall–Kier alpha value is -2.25. The van der Waals surface area contributed by atoms with Crippen molar-refractivity contribution in [1.82, 2.24) is 10.1 Å². The van der Waals surface area contributed by atoms with E-state index < -0.39 is 6.03 Å². The predicted octanol–water partition coefficient (Wildman–Crippen LogP) is 4.42. The number of nitrogens with one attached hydrogen (secondary N) is 2. The first-order valence-electron chi connectivity index (χ1n) is 7.99. The number of amides is 3. The molecule has 2 aromatic rings. The second-order valence-corrected chi connectivity index (χ2v) is 6.99. The van der Waals surface area contributed by atoms with E-state index in [1.165, 1.54) is 4.90 Å². The molecule has 1 heterocycles. The fourth-order valence-electron chi connectivity index (χ4n) is 2.24. The Labute approximate surface area is 161 Å². The molecule has 9 heteroatoms. The zero-order chi connectivity index (χ0) is 19.3. The van der Waals surface area contributed by atoms with Gasteiger partial charge in [0, 0.05) is 12.6 Å². The number of para-hydroxylation sites is 1. The van der Waals surface area contributed by atoms with Gasteiger partial charge in [-0.05, 0) is 25.0 Å². The van der Waals surface area contributed by atoms with E-state index >= 15 is 0 Å². The van der Waals surface area contributed by atoms with Gasteiger partial charge in [-0.25, -0.2) is 4.79 Å². The van der Waals surface area contributed by atoms with Crippen LogP contribution in [0, 0.1) is 12.8 Å². The van der Waals surface area contributed by atoms with E-state index in [9.17, 15) is 9.59 Å². The lowest BCUT2D eigenvalue weighted by Gasteiger charge is -2.24. The van der Waals surface area contributed by atoms with Crippen molar-refractivity contribution >= 4 is 46.6 Å². The molecule has 7 nitrogen and oxygen atoms in total. The van der Waals surface area contributed by atoms with Crippen molar-refractivity contribution in [1.29, 1.82) is 0 Å². The number of anilines is 2. The van der Waals surface area contributed by atoms with Crippen LogP contribution in [-0.2, 0) is 4.79 Å². The van der Waals surface area contributed by atoms with E-state index in [0.29, 0.717) is 33.9 Å². The fraction of sp³-hybridized carbons (Fsp3) is 0.353. The van der Waals surface area contributed by atoms with Gasteiger partial charge in [0.2, 0.25) is 5.91 Å². The maximum atomic E-state index is 12.6. The molecule has 0 unspecified atom stereocenters. The Balaban J connectivity index is 2.08. The first-order chi connectivity index (χ1) is 12.3. The molecule has 0 atom stereocenters. The number of carbonyl (C=O) groups excluding carboxylic acids is 2. The summed E-state index contributed by atoms with van der Waals surface area (Å²) in [6.07, 6.45) is 0. The SMILES string of the molecule is Cc1cc(NC(=O)CN(CC(C)C)C(=O)Nc2c(Cl)cccc2Cl)no1. The lowest BCUT2D eigenvalue weighted by molar-refractivity contribution is -0.116. The van der Waals surface area contributed by atoms with Crippen LogP contribution in [-0.4, -0.2) is 35.1 Å². The van der Waals surface area contributed by atoms with E-state index in [0.717, 1.165) is 0 Å². The lowest BCUT2D eigenvalue weighted by Crippen LogP contribution is -2.42. The van der Waals surface area contributed by atoms with Gasteiger partial charge in [-0.15, -0.1) is 0 Å². The molecule has 0 saturated carbocycles. The number of urea groups is 1. The van der Waals surface area contributed by atoms with Gasteiger partial charge in [-0.1, -0.05) is 48.3 Å². The molecule has 0 aliphatic heterocycles. The summed E-state index contributed by atoms with van der Waals surface area (Å²) in [5.41, 5.74) is 0.308. The van der Waals surface area contributed by atoms with Crippen LogP contribution in [0.15, 0.2) is 28.8 Å². The maximum absolute atomic E-state index is 12.6. The molecule has 0 aliphatic carbocycles. The third-order valence-corrected chi connectivity index (χ3v) is 3.93. The summed E-state index contributed by atoms with van der Waals surface area (Å²) < 4.78 is 4.90. The van der Waals surface area contributed by atoms with Gasteiger partial charge in [0.25, 0.3) is 0 Å². The Morgan fingerprint density at radius 2 is 1.88 bits per heavy atom. The molecule has 2 rings (SSSR count). The standard InChI is InChI=1S/C17H20Cl2N4O3/c1-10(2)8-23(9-15(24)20-14-7-11(3)26-22-14)17(25)21-16-12(18)5-4-6-13(16)19/h4-7,10H,8-9H2,1-3H3,(H,21,25)(H,20,22,24). The number of benzene rings is 1. The number of hydrogen-bond acceptors (Lipinski definition) is 4. The van der Waals surface area contributed by atoms with Gasteiger partial charge in [-0.2, -0.15) is 0 Å². The minimum absolute atomic E-state index is 0.155. The molecule has 2 N–H and O–H groups in total. The topological polar surface area (TPSA) is 87.5 Å². The largest absolute Gasteiger partial charge is 0.360 e. The molecule has 3 amide bonds. The number of carbonyl (C=O) groups is 2. The smallest absolute Gasteiger partial charge is 0.322 e. The summed E-state index contributed by atoms with van der Waals surface area (Å²) in [6.45, 7) is 5.83. The molecular weight excluding hydrogens is 379 g/mol. The number of halogens is 2. The molecule has 26 heavy (non-hydrogen) atoms. The van der Waals surface area contributed by atoms with Gasteiger partial charge in [0.05, 0.1) is 15.7 Å². The van der Waals surface area contributed by atoms with Crippen molar-refractivity contribution in [2.45, 2.75) is 20.8 Å². The third-order valence-electron chi connectivity index (χ3n) is 3.30. The molecule has 0 aliphatic rings. The summed E-state index contributed by atoms with van der Waals surface area (Å²) in [5.74, 6) is 0.640. The van der Waals surface area contributed by atoms with Crippen LogP contribution in [0.5, 0.6) is 0 Å². The summed E-state index contributed by atoms with van der Waals surface area (Å²) in [7, 11) is 0. The molecule has 0 bridgehead atoms.